The van der Waals surface area contributed by atoms with Crippen molar-refractivity contribution in [1.29, 1.82) is 0 Å². The monoisotopic (exact) mass is 226 g/mol. The van der Waals surface area contributed by atoms with Crippen molar-refractivity contribution < 1.29 is 9.47 Å². The molecule has 0 saturated heterocycles. The van der Waals surface area contributed by atoms with Gasteiger partial charge in [-0.1, -0.05) is 26.0 Å². The fourth-order valence-corrected chi connectivity index (χ4v) is 1.59. The van der Waals surface area contributed by atoms with Gasteiger partial charge in [0.1, 0.15) is 0 Å². The lowest BCUT2D eigenvalue weighted by Gasteiger charge is -2.19. The van der Waals surface area contributed by atoms with Gasteiger partial charge in [0.05, 0.1) is 12.7 Å². The second-order valence-electron chi connectivity index (χ2n) is 4.30. The fraction of sp³-hybridized carbons (Fsp3) is 0.714. The van der Waals surface area contributed by atoms with Crippen LogP contribution in [-0.4, -0.2) is 26.9 Å². The minimum atomic E-state index is 0.182. The first-order valence-electron chi connectivity index (χ1n) is 5.95. The molecule has 16 heavy (non-hydrogen) atoms. The number of ether oxygens (including phenoxy) is 2. The van der Waals surface area contributed by atoms with Gasteiger partial charge in [-0.3, -0.25) is 0 Å². The summed E-state index contributed by atoms with van der Waals surface area (Å²) in [4.78, 5) is 0. The van der Waals surface area contributed by atoms with Crippen LogP contribution in [0.15, 0.2) is 23.3 Å². The summed E-state index contributed by atoms with van der Waals surface area (Å²) in [6, 6.07) is 0. The van der Waals surface area contributed by atoms with Crippen LogP contribution in [-0.2, 0) is 9.47 Å². The van der Waals surface area contributed by atoms with Gasteiger partial charge in [0, 0.05) is 14.2 Å². The lowest BCUT2D eigenvalue weighted by atomic mass is 9.93. The minimum Gasteiger partial charge on any atom is -0.380 e. The van der Waals surface area contributed by atoms with E-state index in [4.69, 9.17) is 9.47 Å². The molecular formula is C14H26O2. The first kappa shape index (κ1) is 15.4. The molecule has 2 atom stereocenters. The fourth-order valence-electron chi connectivity index (χ4n) is 1.59. The van der Waals surface area contributed by atoms with E-state index in [1.54, 1.807) is 14.2 Å². The van der Waals surface area contributed by atoms with Gasteiger partial charge < -0.3 is 9.47 Å². The number of allylic oxidation sites excluding steroid dienone is 2. The topological polar surface area (TPSA) is 18.5 Å². The molecule has 0 fully saturated rings. The van der Waals surface area contributed by atoms with Crippen LogP contribution in [0.4, 0.5) is 0 Å². The van der Waals surface area contributed by atoms with Crippen molar-refractivity contribution in [1.82, 2.24) is 0 Å². The van der Waals surface area contributed by atoms with E-state index in [9.17, 15) is 0 Å². The lowest BCUT2D eigenvalue weighted by Crippen LogP contribution is -2.14. The van der Waals surface area contributed by atoms with Gasteiger partial charge >= 0.3 is 0 Å². The molecule has 0 spiro atoms. The summed E-state index contributed by atoms with van der Waals surface area (Å²) in [5.74, 6) is 0.557. The molecule has 2 heteroatoms. The van der Waals surface area contributed by atoms with E-state index in [0.29, 0.717) is 12.5 Å². The molecule has 0 rings (SSSR count). The molecule has 0 N–H and O–H groups in total. The van der Waals surface area contributed by atoms with Crippen molar-refractivity contribution in [2.24, 2.45) is 5.92 Å². The van der Waals surface area contributed by atoms with Gasteiger partial charge in [-0.2, -0.15) is 0 Å². The first-order chi connectivity index (χ1) is 7.56. The van der Waals surface area contributed by atoms with Crippen LogP contribution in [0, 0.1) is 5.92 Å². The predicted octanol–water partition coefficient (Wildman–Crippen LogP) is 3.59. The summed E-state index contributed by atoms with van der Waals surface area (Å²) >= 11 is 0. The molecule has 2 nitrogen and oxygen atoms in total. The number of hydrogen-bond donors (Lipinski definition) is 0. The zero-order chi connectivity index (χ0) is 12.6. The average molecular weight is 226 g/mol. The number of rotatable bonds is 7. The van der Waals surface area contributed by atoms with E-state index in [0.717, 1.165) is 6.42 Å². The Hall–Kier alpha value is -0.600. The summed E-state index contributed by atoms with van der Waals surface area (Å²) in [5, 5.41) is 0. The molecule has 0 heterocycles. The third-order valence-electron chi connectivity index (χ3n) is 2.94. The van der Waals surface area contributed by atoms with E-state index in [2.05, 4.69) is 39.8 Å². The quantitative estimate of drug-likeness (QED) is 0.618. The molecule has 2 unspecified atom stereocenters. The molecule has 0 aromatic heterocycles. The van der Waals surface area contributed by atoms with E-state index < -0.39 is 0 Å². The zero-order valence-corrected chi connectivity index (χ0v) is 11.5. The Morgan fingerprint density at radius 3 is 2.25 bits per heavy atom. The summed E-state index contributed by atoms with van der Waals surface area (Å²) in [6.07, 6.45) is 5.62. The maximum absolute atomic E-state index is 5.40. The smallest absolute Gasteiger partial charge is 0.0758 e. The minimum absolute atomic E-state index is 0.182. The second kappa shape index (κ2) is 8.54. The van der Waals surface area contributed by atoms with Crippen LogP contribution in [0.1, 0.15) is 34.1 Å². The van der Waals surface area contributed by atoms with Gasteiger partial charge in [0.25, 0.3) is 0 Å². The van der Waals surface area contributed by atoms with Crippen molar-refractivity contribution in [3.63, 3.8) is 0 Å². The molecule has 0 aliphatic heterocycles. The van der Waals surface area contributed by atoms with Gasteiger partial charge in [0.2, 0.25) is 0 Å². The summed E-state index contributed by atoms with van der Waals surface area (Å²) in [5.41, 5.74) is 2.58. The van der Waals surface area contributed by atoms with E-state index in [-0.39, 0.29) is 6.10 Å². The first-order valence-corrected chi connectivity index (χ1v) is 5.95. The van der Waals surface area contributed by atoms with E-state index in [1.165, 1.54) is 11.1 Å². The normalized spacial score (nSPS) is 17.4. The molecular weight excluding hydrogens is 200 g/mol. The third-order valence-corrected chi connectivity index (χ3v) is 2.94. The molecule has 0 aliphatic rings. The summed E-state index contributed by atoms with van der Waals surface area (Å²) in [6.45, 7) is 9.29. The number of methoxy groups -OCH3 is 2. The van der Waals surface area contributed by atoms with Crippen molar-refractivity contribution in [2.45, 2.75) is 40.2 Å². The Bertz CT molecular complexity index is 229. The molecule has 94 valence electrons. The van der Waals surface area contributed by atoms with Gasteiger partial charge in [-0.25, -0.2) is 0 Å². The Kier molecular flexibility index (Phi) is 8.22. The van der Waals surface area contributed by atoms with Crippen LogP contribution >= 0.6 is 0 Å². The highest BCUT2D eigenvalue weighted by molar-refractivity contribution is 5.21. The second-order valence-corrected chi connectivity index (χ2v) is 4.30. The Balaban J connectivity index is 4.74. The van der Waals surface area contributed by atoms with Crippen LogP contribution in [0.25, 0.3) is 0 Å². The van der Waals surface area contributed by atoms with Crippen LogP contribution in [0.5, 0.6) is 0 Å². The maximum Gasteiger partial charge on any atom is 0.0758 e. The molecule has 0 radical (unpaired) electrons. The lowest BCUT2D eigenvalue weighted by molar-refractivity contribution is 0.138. The van der Waals surface area contributed by atoms with Gasteiger partial charge in [-0.05, 0) is 37.3 Å². The molecule has 0 aliphatic carbocycles. The Morgan fingerprint density at radius 1 is 1.19 bits per heavy atom. The van der Waals surface area contributed by atoms with E-state index >= 15 is 0 Å². The zero-order valence-electron chi connectivity index (χ0n) is 11.5. The summed E-state index contributed by atoms with van der Waals surface area (Å²) in [7, 11) is 3.47. The number of hydrogen-bond acceptors (Lipinski definition) is 2. The van der Waals surface area contributed by atoms with E-state index in [1.807, 2.05) is 0 Å². The molecule has 0 amide bonds. The highest BCUT2D eigenvalue weighted by Gasteiger charge is 2.12. The largest absolute Gasteiger partial charge is 0.380 e. The maximum atomic E-state index is 5.40. The molecule has 0 aromatic carbocycles. The molecule has 0 aromatic rings. The Morgan fingerprint density at radius 2 is 1.81 bits per heavy atom. The van der Waals surface area contributed by atoms with Crippen LogP contribution < -0.4 is 0 Å². The van der Waals surface area contributed by atoms with Gasteiger partial charge in [0.15, 0.2) is 0 Å². The van der Waals surface area contributed by atoms with Crippen molar-refractivity contribution in [3.05, 3.63) is 23.3 Å². The SMILES string of the molecule is CCC(C)/C(=C/C=C(\C)COC)C(C)OC. The van der Waals surface area contributed by atoms with Crippen LogP contribution in [0.2, 0.25) is 0 Å². The third kappa shape index (κ3) is 5.47. The van der Waals surface area contributed by atoms with Crippen molar-refractivity contribution >= 4 is 0 Å². The Labute approximate surface area is 100 Å². The summed E-state index contributed by atoms with van der Waals surface area (Å²) < 4.78 is 10.5. The van der Waals surface area contributed by atoms with Crippen molar-refractivity contribution in [3.8, 4) is 0 Å². The van der Waals surface area contributed by atoms with Crippen LogP contribution in [0.3, 0.4) is 0 Å². The highest BCUT2D eigenvalue weighted by atomic mass is 16.5. The highest BCUT2D eigenvalue weighted by Crippen LogP contribution is 2.20. The van der Waals surface area contributed by atoms with Crippen molar-refractivity contribution in [2.75, 3.05) is 20.8 Å². The predicted molar refractivity (Wildman–Crippen MR) is 69.6 cm³/mol. The molecule has 0 bridgehead atoms. The standard InChI is InChI=1S/C14H26O2/c1-7-12(3)14(13(4)16-6)9-8-11(2)10-15-5/h8-9,12-13H,7,10H2,1-6H3/b11-8+,14-9-. The average Bonchev–Trinajstić information content (AvgIpc) is 2.28. The van der Waals surface area contributed by atoms with Gasteiger partial charge in [-0.15, -0.1) is 0 Å². The molecule has 0 saturated carbocycles.